The lowest BCUT2D eigenvalue weighted by Crippen LogP contribution is -2.24. The normalized spacial score (nSPS) is 11.2. The van der Waals surface area contributed by atoms with E-state index in [2.05, 4.69) is 20.4 Å². The van der Waals surface area contributed by atoms with Crippen LogP contribution < -0.4 is 10.2 Å². The maximum Gasteiger partial charge on any atom is 0.373 e. The lowest BCUT2D eigenvalue weighted by molar-refractivity contribution is -0.385. The van der Waals surface area contributed by atoms with Crippen LogP contribution in [0, 0.1) is 17.0 Å². The van der Waals surface area contributed by atoms with Gasteiger partial charge in [-0.1, -0.05) is 12.1 Å². The third-order valence-corrected chi connectivity index (χ3v) is 4.47. The van der Waals surface area contributed by atoms with Crippen molar-refractivity contribution >= 4 is 23.3 Å². The number of para-hydroxylation sites is 1. The van der Waals surface area contributed by atoms with Gasteiger partial charge in [-0.3, -0.25) is 19.6 Å². The SMILES string of the molecule is COC(=O)c1ccc(COc2ccccc2C(C)=NNC(=O)Cn2cc([N+](=O)[O-])c(C)n2)o1. The fourth-order valence-electron chi connectivity index (χ4n) is 2.86. The van der Waals surface area contributed by atoms with Gasteiger partial charge in [0.05, 0.1) is 17.7 Å². The van der Waals surface area contributed by atoms with Crippen molar-refractivity contribution < 1.29 is 28.4 Å². The first-order chi connectivity index (χ1) is 15.8. The highest BCUT2D eigenvalue weighted by Crippen LogP contribution is 2.21. The van der Waals surface area contributed by atoms with Gasteiger partial charge in [0.1, 0.15) is 36.6 Å². The first kappa shape index (κ1) is 23.2. The number of carbonyl (C=O) groups is 2. The quantitative estimate of drug-likeness (QED) is 0.224. The van der Waals surface area contributed by atoms with E-state index in [0.29, 0.717) is 22.8 Å². The molecule has 2 heterocycles. The molecule has 0 aliphatic carbocycles. The van der Waals surface area contributed by atoms with Crippen LogP contribution in [0.25, 0.3) is 0 Å². The number of rotatable bonds is 9. The minimum Gasteiger partial charge on any atom is -0.485 e. The highest BCUT2D eigenvalue weighted by molar-refractivity contribution is 6.01. The molecular weight excluding hydrogens is 434 g/mol. The van der Waals surface area contributed by atoms with Crippen molar-refractivity contribution in [2.24, 2.45) is 5.10 Å². The van der Waals surface area contributed by atoms with Crippen LogP contribution in [0.1, 0.15) is 34.5 Å². The van der Waals surface area contributed by atoms with Crippen molar-refractivity contribution in [3.8, 4) is 5.75 Å². The summed E-state index contributed by atoms with van der Waals surface area (Å²) in [6.45, 7) is 3.01. The Morgan fingerprint density at radius 1 is 1.27 bits per heavy atom. The molecule has 1 amide bonds. The van der Waals surface area contributed by atoms with Gasteiger partial charge in [-0.15, -0.1) is 0 Å². The van der Waals surface area contributed by atoms with Crippen LogP contribution in [0.3, 0.4) is 0 Å². The molecule has 0 fully saturated rings. The molecule has 0 bridgehead atoms. The molecule has 1 N–H and O–H groups in total. The van der Waals surface area contributed by atoms with E-state index in [1.54, 1.807) is 37.3 Å². The number of esters is 1. The molecule has 3 aromatic rings. The van der Waals surface area contributed by atoms with Gasteiger partial charge in [0.15, 0.2) is 0 Å². The van der Waals surface area contributed by atoms with E-state index in [0.717, 1.165) is 0 Å². The van der Waals surface area contributed by atoms with Crippen molar-refractivity contribution in [2.75, 3.05) is 7.11 Å². The van der Waals surface area contributed by atoms with Gasteiger partial charge in [-0.25, -0.2) is 10.2 Å². The van der Waals surface area contributed by atoms with E-state index >= 15 is 0 Å². The summed E-state index contributed by atoms with van der Waals surface area (Å²) >= 11 is 0. The number of nitrogens with one attached hydrogen (secondary N) is 1. The minimum absolute atomic E-state index is 0.0606. The van der Waals surface area contributed by atoms with Gasteiger partial charge >= 0.3 is 11.7 Å². The van der Waals surface area contributed by atoms with Crippen LogP contribution in [-0.2, 0) is 22.7 Å². The molecular formula is C21H21N5O7. The van der Waals surface area contributed by atoms with Gasteiger partial charge in [-0.05, 0) is 38.1 Å². The number of aromatic nitrogens is 2. The number of nitrogens with zero attached hydrogens (tertiary/aromatic N) is 4. The predicted molar refractivity (Wildman–Crippen MR) is 115 cm³/mol. The number of amides is 1. The molecule has 33 heavy (non-hydrogen) atoms. The number of hydrazone groups is 1. The molecule has 0 saturated heterocycles. The summed E-state index contributed by atoms with van der Waals surface area (Å²) in [5.41, 5.74) is 3.55. The lowest BCUT2D eigenvalue weighted by atomic mass is 10.1. The summed E-state index contributed by atoms with van der Waals surface area (Å²) in [5, 5.41) is 18.9. The Labute approximate surface area is 187 Å². The fraction of sp³-hybridized carbons (Fsp3) is 0.238. The maximum atomic E-state index is 12.2. The van der Waals surface area contributed by atoms with Gasteiger partial charge in [0, 0.05) is 5.56 Å². The standard InChI is InChI=1S/C21H21N5O7/c1-13(22-23-20(27)11-25-10-17(26(29)30)14(2)24-25)16-6-4-5-7-18(16)32-12-15-8-9-19(33-15)21(28)31-3/h4-10H,11-12H2,1-3H3,(H,23,27). The monoisotopic (exact) mass is 455 g/mol. The average molecular weight is 455 g/mol. The average Bonchev–Trinajstić information content (AvgIpc) is 3.42. The zero-order valence-corrected chi connectivity index (χ0v) is 18.1. The van der Waals surface area contributed by atoms with Gasteiger partial charge in [-0.2, -0.15) is 10.2 Å². The van der Waals surface area contributed by atoms with Crippen molar-refractivity contribution in [1.82, 2.24) is 15.2 Å². The van der Waals surface area contributed by atoms with Gasteiger partial charge in [0.25, 0.3) is 5.91 Å². The topological polar surface area (TPSA) is 151 Å². The summed E-state index contributed by atoms with van der Waals surface area (Å²) in [6, 6.07) is 10.2. The first-order valence-corrected chi connectivity index (χ1v) is 9.69. The molecule has 0 aliphatic heterocycles. The van der Waals surface area contributed by atoms with Crippen LogP contribution in [0.4, 0.5) is 5.69 Å². The number of hydrogen-bond donors (Lipinski definition) is 1. The number of ether oxygens (including phenoxy) is 2. The summed E-state index contributed by atoms with van der Waals surface area (Å²) in [4.78, 5) is 34.0. The van der Waals surface area contributed by atoms with E-state index < -0.39 is 16.8 Å². The predicted octanol–water partition coefficient (Wildman–Crippen LogP) is 2.60. The third kappa shape index (κ3) is 5.81. The van der Waals surface area contributed by atoms with Crippen LogP contribution >= 0.6 is 0 Å². The zero-order chi connectivity index (χ0) is 24.0. The van der Waals surface area contributed by atoms with E-state index in [1.165, 1.54) is 31.0 Å². The number of benzene rings is 1. The Morgan fingerprint density at radius 3 is 2.73 bits per heavy atom. The van der Waals surface area contributed by atoms with Crippen molar-refractivity contribution in [1.29, 1.82) is 0 Å². The lowest BCUT2D eigenvalue weighted by Gasteiger charge is -2.10. The maximum absolute atomic E-state index is 12.2. The van der Waals surface area contributed by atoms with Crippen molar-refractivity contribution in [3.63, 3.8) is 0 Å². The fourth-order valence-corrected chi connectivity index (χ4v) is 2.86. The molecule has 0 unspecified atom stereocenters. The zero-order valence-electron chi connectivity index (χ0n) is 18.1. The third-order valence-electron chi connectivity index (χ3n) is 4.47. The van der Waals surface area contributed by atoms with E-state index in [9.17, 15) is 19.7 Å². The number of carbonyl (C=O) groups excluding carboxylic acids is 2. The molecule has 1 aromatic carbocycles. The Morgan fingerprint density at radius 2 is 2.03 bits per heavy atom. The molecule has 0 radical (unpaired) electrons. The molecule has 12 heteroatoms. The first-order valence-electron chi connectivity index (χ1n) is 9.69. The summed E-state index contributed by atoms with van der Waals surface area (Å²) in [6.07, 6.45) is 1.19. The molecule has 0 aliphatic rings. The molecule has 0 saturated carbocycles. The van der Waals surface area contributed by atoms with Crippen molar-refractivity contribution in [2.45, 2.75) is 27.0 Å². The number of nitro groups is 1. The number of methoxy groups -OCH3 is 1. The largest absolute Gasteiger partial charge is 0.485 e. The second-order valence-corrected chi connectivity index (χ2v) is 6.83. The Balaban J connectivity index is 1.63. The Bertz CT molecular complexity index is 1210. The van der Waals surface area contributed by atoms with Crippen LogP contribution in [0.15, 0.2) is 52.1 Å². The minimum atomic E-state index is -0.583. The number of hydrogen-bond acceptors (Lipinski definition) is 9. The smallest absolute Gasteiger partial charge is 0.373 e. The van der Waals surface area contributed by atoms with Gasteiger partial charge < -0.3 is 13.9 Å². The highest BCUT2D eigenvalue weighted by atomic mass is 16.6. The summed E-state index contributed by atoms with van der Waals surface area (Å²) < 4.78 is 17.0. The molecule has 12 nitrogen and oxygen atoms in total. The molecule has 0 spiro atoms. The molecule has 0 atom stereocenters. The number of furan rings is 1. The number of aryl methyl sites for hydroxylation is 1. The summed E-state index contributed by atoms with van der Waals surface area (Å²) in [5.74, 6) is -0.0992. The van der Waals surface area contributed by atoms with Crippen LogP contribution in [-0.4, -0.2) is 39.4 Å². The highest BCUT2D eigenvalue weighted by Gasteiger charge is 2.17. The van der Waals surface area contributed by atoms with Crippen molar-refractivity contribution in [3.05, 3.63) is 75.5 Å². The van der Waals surface area contributed by atoms with Gasteiger partial charge in [0.2, 0.25) is 5.76 Å². The molecule has 3 rings (SSSR count). The van der Waals surface area contributed by atoms with E-state index in [4.69, 9.17) is 9.15 Å². The van der Waals surface area contributed by atoms with E-state index in [1.807, 2.05) is 0 Å². The Hall–Kier alpha value is -4.48. The molecule has 2 aromatic heterocycles. The molecule has 172 valence electrons. The second-order valence-electron chi connectivity index (χ2n) is 6.83. The van der Waals surface area contributed by atoms with Crippen LogP contribution in [0.5, 0.6) is 5.75 Å². The van der Waals surface area contributed by atoms with Crippen LogP contribution in [0.2, 0.25) is 0 Å². The second kappa shape index (κ2) is 10.2. The Kier molecular flexibility index (Phi) is 7.18. The summed E-state index contributed by atoms with van der Waals surface area (Å²) in [7, 11) is 1.26. The van der Waals surface area contributed by atoms with E-state index in [-0.39, 0.29) is 30.3 Å².